The molecule has 2 aliphatic heterocycles. The molecular weight excluding hydrogens is 711 g/mol. The van der Waals surface area contributed by atoms with Crippen molar-refractivity contribution in [2.45, 2.75) is 76.7 Å². The van der Waals surface area contributed by atoms with Crippen LogP contribution in [0.3, 0.4) is 0 Å². The summed E-state index contributed by atoms with van der Waals surface area (Å²) in [4.78, 5) is 32.8. The molecule has 55 heavy (non-hydrogen) atoms. The number of anilines is 3. The number of fused-ring (bicyclic) bond motifs is 6. The number of rotatable bonds is 13. The van der Waals surface area contributed by atoms with Crippen LogP contribution in [0.15, 0.2) is 114 Å². The number of amides is 2. The lowest BCUT2D eigenvalue weighted by atomic mass is 9.76. The van der Waals surface area contributed by atoms with E-state index in [4.69, 9.17) is 9.47 Å². The number of carbonyl (C=O) groups excluding carboxylic acids is 2. The van der Waals surface area contributed by atoms with Crippen LogP contribution in [0.4, 0.5) is 21.9 Å². The quantitative estimate of drug-likeness (QED) is 0.0942. The van der Waals surface area contributed by atoms with E-state index in [1.807, 2.05) is 80.6 Å². The largest absolute Gasteiger partial charge is 0.456 e. The van der Waals surface area contributed by atoms with Gasteiger partial charge in [-0.2, -0.15) is 0 Å². The molecule has 0 aromatic heterocycles. The second-order valence-corrected chi connectivity index (χ2v) is 16.0. The van der Waals surface area contributed by atoms with Gasteiger partial charge in [-0.05, 0) is 74.7 Å². The Balaban J connectivity index is 1.56. The summed E-state index contributed by atoms with van der Waals surface area (Å²) >= 11 is 0. The molecule has 2 amide bonds. The first-order valence-electron chi connectivity index (χ1n) is 19.1. The third-order valence-electron chi connectivity index (χ3n) is 10.5. The molecule has 284 valence electrons. The van der Waals surface area contributed by atoms with Crippen molar-refractivity contribution in [1.82, 2.24) is 4.72 Å². The molecule has 1 spiro atoms. The van der Waals surface area contributed by atoms with Gasteiger partial charge in [0.05, 0.1) is 33.1 Å². The number of nitrogens with zero attached hydrogens (tertiary/aromatic N) is 2. The van der Waals surface area contributed by atoms with Gasteiger partial charge in [-0.1, -0.05) is 112 Å². The summed E-state index contributed by atoms with van der Waals surface area (Å²) in [5.41, 5.74) is 3.64. The van der Waals surface area contributed by atoms with E-state index in [9.17, 15) is 13.2 Å². The number of nitrogens with one attached hydrogen (secondary N) is 1. The molecule has 7 rings (SSSR count). The lowest BCUT2D eigenvalue weighted by Gasteiger charge is -2.42. The zero-order chi connectivity index (χ0) is 38.7. The van der Waals surface area contributed by atoms with Crippen molar-refractivity contribution < 1.29 is 27.5 Å². The summed E-state index contributed by atoms with van der Waals surface area (Å²) in [6, 6.07) is 31.4. The number of ether oxygens (including phenoxy) is 2. The molecule has 0 fully saturated rings. The molecule has 10 heteroatoms. The number of hydrogen-bond acceptors (Lipinski definition) is 7. The van der Waals surface area contributed by atoms with Gasteiger partial charge in [-0.3, -0.25) is 4.90 Å². The Morgan fingerprint density at radius 2 is 1.35 bits per heavy atom. The summed E-state index contributed by atoms with van der Waals surface area (Å²) in [7, 11) is -4.34. The summed E-state index contributed by atoms with van der Waals surface area (Å²) in [6.07, 6.45) is 5.86. The highest BCUT2D eigenvalue weighted by molar-refractivity contribution is 7.90. The smallest absolute Gasteiger partial charge is 0.340 e. The van der Waals surface area contributed by atoms with Gasteiger partial charge in [-0.15, -0.1) is 0 Å². The molecule has 0 saturated carbocycles. The van der Waals surface area contributed by atoms with E-state index >= 15 is 4.79 Å². The van der Waals surface area contributed by atoms with Crippen LogP contribution in [-0.2, 0) is 20.4 Å². The Labute approximate surface area is 324 Å². The first-order chi connectivity index (χ1) is 26.6. The molecule has 0 radical (unpaired) electrons. The van der Waals surface area contributed by atoms with Gasteiger partial charge in [0.1, 0.15) is 11.5 Å². The van der Waals surface area contributed by atoms with Crippen LogP contribution in [0.5, 0.6) is 11.5 Å². The molecule has 0 aliphatic carbocycles. The van der Waals surface area contributed by atoms with Crippen molar-refractivity contribution in [2.24, 2.45) is 0 Å². The maximum Gasteiger partial charge on any atom is 0.340 e. The van der Waals surface area contributed by atoms with Crippen LogP contribution >= 0.6 is 0 Å². The third kappa shape index (κ3) is 6.95. The minimum absolute atomic E-state index is 0.0420. The Hall–Kier alpha value is -5.61. The number of urea groups is 1. The van der Waals surface area contributed by atoms with Gasteiger partial charge >= 0.3 is 12.0 Å². The molecule has 5 aromatic rings. The summed E-state index contributed by atoms with van der Waals surface area (Å²) in [6.45, 7) is 9.45. The van der Waals surface area contributed by atoms with Crippen LogP contribution in [0.25, 0.3) is 0 Å². The molecule has 9 nitrogen and oxygen atoms in total. The Bertz CT molecular complexity index is 2330. The fourth-order valence-corrected chi connectivity index (χ4v) is 8.65. The van der Waals surface area contributed by atoms with Gasteiger partial charge in [0.2, 0.25) is 0 Å². The summed E-state index contributed by atoms with van der Waals surface area (Å²) in [5.74, 6) is 0.387. The number of esters is 1. The number of carbonyl (C=O) groups is 2. The van der Waals surface area contributed by atoms with E-state index in [0.29, 0.717) is 63.9 Å². The van der Waals surface area contributed by atoms with Crippen molar-refractivity contribution >= 4 is 39.1 Å². The normalized spacial score (nSPS) is 15.4. The van der Waals surface area contributed by atoms with E-state index in [-0.39, 0.29) is 4.90 Å². The van der Waals surface area contributed by atoms with Gasteiger partial charge in [0, 0.05) is 24.2 Å². The maximum atomic E-state index is 15.2. The Morgan fingerprint density at radius 1 is 0.709 bits per heavy atom. The monoisotopic (exact) mass is 757 g/mol. The minimum Gasteiger partial charge on any atom is -0.456 e. The average Bonchev–Trinajstić information content (AvgIpc) is 3.47. The SMILES string of the molecule is CCCCCN(CCCCC)c1ccc2c(c1N(C(=O)NS(=O)(=O)c1ccc(C)cc1)c1ccccc1C)C1(OC(=O)c3ccccc31)c1ccccc1O2. The second-order valence-electron chi connectivity index (χ2n) is 14.3. The highest BCUT2D eigenvalue weighted by Crippen LogP contribution is 2.61. The number of hydrogen-bond donors (Lipinski definition) is 1. The highest BCUT2D eigenvalue weighted by Gasteiger charge is 2.56. The molecule has 5 aromatic carbocycles. The summed E-state index contributed by atoms with van der Waals surface area (Å²) in [5, 5.41) is 0. The first kappa shape index (κ1) is 37.7. The molecular formula is C45H47N3O6S. The zero-order valence-corrected chi connectivity index (χ0v) is 32.6. The zero-order valence-electron chi connectivity index (χ0n) is 31.8. The van der Waals surface area contributed by atoms with Crippen LogP contribution in [0, 0.1) is 13.8 Å². The molecule has 2 aliphatic rings. The van der Waals surface area contributed by atoms with Crippen LogP contribution in [0.2, 0.25) is 0 Å². The molecule has 2 heterocycles. The van der Waals surface area contributed by atoms with E-state index in [0.717, 1.165) is 49.7 Å². The topological polar surface area (TPSA) is 105 Å². The highest BCUT2D eigenvalue weighted by atomic mass is 32.2. The van der Waals surface area contributed by atoms with Gasteiger partial charge in [0.25, 0.3) is 10.0 Å². The lowest BCUT2D eigenvalue weighted by molar-refractivity contribution is 0.0226. The van der Waals surface area contributed by atoms with Crippen LogP contribution in [-0.4, -0.2) is 33.5 Å². The number of sulfonamides is 1. The molecule has 1 unspecified atom stereocenters. The third-order valence-corrected chi connectivity index (χ3v) is 11.8. The van der Waals surface area contributed by atoms with E-state index in [1.165, 1.54) is 17.0 Å². The van der Waals surface area contributed by atoms with Gasteiger partial charge in [-0.25, -0.2) is 22.7 Å². The van der Waals surface area contributed by atoms with Crippen LogP contribution in [0.1, 0.15) is 90.5 Å². The molecule has 0 bridgehead atoms. The van der Waals surface area contributed by atoms with Crippen molar-refractivity contribution in [2.75, 3.05) is 22.9 Å². The number of unbranched alkanes of at least 4 members (excludes halogenated alkanes) is 4. The van der Waals surface area contributed by atoms with E-state index < -0.39 is 27.6 Å². The first-order valence-corrected chi connectivity index (χ1v) is 20.6. The average molecular weight is 758 g/mol. The minimum atomic E-state index is -4.34. The summed E-state index contributed by atoms with van der Waals surface area (Å²) < 4.78 is 43.8. The van der Waals surface area contributed by atoms with E-state index in [2.05, 4.69) is 23.5 Å². The molecule has 1 atom stereocenters. The molecule has 1 N–H and O–H groups in total. The van der Waals surface area contributed by atoms with Gasteiger partial charge in [0.15, 0.2) is 5.60 Å². The van der Waals surface area contributed by atoms with E-state index in [1.54, 1.807) is 30.3 Å². The maximum absolute atomic E-state index is 15.2. The van der Waals surface area contributed by atoms with Crippen molar-refractivity contribution in [3.63, 3.8) is 0 Å². The number of aryl methyl sites for hydroxylation is 2. The Kier molecular flexibility index (Phi) is 10.7. The lowest BCUT2D eigenvalue weighted by Crippen LogP contribution is -2.44. The number of benzene rings is 5. The van der Waals surface area contributed by atoms with Gasteiger partial charge < -0.3 is 14.4 Å². The fourth-order valence-electron chi connectivity index (χ4n) is 7.71. The van der Waals surface area contributed by atoms with Crippen molar-refractivity contribution in [3.8, 4) is 11.5 Å². The van der Waals surface area contributed by atoms with Crippen LogP contribution < -0.4 is 19.3 Å². The second kappa shape index (κ2) is 15.6. The molecule has 0 saturated heterocycles. The standard InChI is InChI=1S/C45H47N3O6S/c1-5-7-15-29-47(30-16-8-6-2)38-27-28-40-41(45(36-20-12-14-22-39(36)53-40)35-19-11-10-18-34(35)43(49)54-45)42(38)48(37-21-13-9-17-32(37)4)44(50)46-55(51,52)33-25-23-31(3)24-26-33/h9-14,17-28H,5-8,15-16,29-30H2,1-4H3,(H,46,50). The fraction of sp³-hybridized carbons (Fsp3) is 0.289. The Morgan fingerprint density at radius 3 is 2.04 bits per heavy atom. The predicted octanol–water partition coefficient (Wildman–Crippen LogP) is 10.3. The van der Waals surface area contributed by atoms with Crippen molar-refractivity contribution in [3.05, 3.63) is 143 Å². The number of para-hydroxylation sites is 2. The predicted molar refractivity (Wildman–Crippen MR) is 216 cm³/mol. The van der Waals surface area contributed by atoms with Crippen molar-refractivity contribution in [1.29, 1.82) is 0 Å².